The van der Waals surface area contributed by atoms with E-state index in [1.165, 1.54) is 0 Å². The molecule has 0 atom stereocenters. The summed E-state index contributed by atoms with van der Waals surface area (Å²) in [7, 11) is 1.11. The van der Waals surface area contributed by atoms with Crippen LogP contribution in [0, 0.1) is 20.2 Å². The Morgan fingerprint density at radius 2 is 1.94 bits per heavy atom. The molecule has 0 unspecified atom stereocenters. The van der Waals surface area contributed by atoms with Crippen molar-refractivity contribution in [3.63, 3.8) is 0 Å². The Labute approximate surface area is 115 Å². The number of nitro groups is 2. The Kier molecular flexibility index (Phi) is 3.74. The van der Waals surface area contributed by atoms with E-state index in [2.05, 4.69) is 15.4 Å². The third-order valence-electron chi connectivity index (χ3n) is 2.31. The Balaban J connectivity index is 0.00000162. The first-order valence-corrected chi connectivity index (χ1v) is 4.29. The number of rotatable bonds is 3. The van der Waals surface area contributed by atoms with E-state index in [1.807, 2.05) is 0 Å². The maximum absolute atomic E-state index is 11.0. The molecular weight excluding hydrogens is 342 g/mol. The molecule has 0 radical (unpaired) electrons. The summed E-state index contributed by atoms with van der Waals surface area (Å²) >= 11 is 0. The molecule has 1 aliphatic heterocycles. The van der Waals surface area contributed by atoms with Crippen LogP contribution in [0.15, 0.2) is 39.0 Å². The third-order valence-corrected chi connectivity index (χ3v) is 2.31. The number of ether oxygens (including phenoxy) is 1. The first kappa shape index (κ1) is 14.2. The van der Waals surface area contributed by atoms with Gasteiger partial charge in [0.2, 0.25) is 0 Å². The van der Waals surface area contributed by atoms with E-state index in [4.69, 9.17) is 4.74 Å². The van der Waals surface area contributed by atoms with Crippen LogP contribution in [-0.4, -0.2) is 28.3 Å². The van der Waals surface area contributed by atoms with Gasteiger partial charge in [-0.3, -0.25) is 20.2 Å². The van der Waals surface area contributed by atoms with Gasteiger partial charge in [0, 0.05) is 6.08 Å². The summed E-state index contributed by atoms with van der Waals surface area (Å²) < 4.78 is 4.71. The monoisotopic (exact) mass is 346 g/mol. The predicted octanol–water partition coefficient (Wildman–Crippen LogP) is 0.483. The van der Waals surface area contributed by atoms with Gasteiger partial charge in [0.1, 0.15) is 27.3 Å². The molecule has 98 valence electrons. The first-order chi connectivity index (χ1) is 8.02. The molecule has 0 aromatic carbocycles. The van der Waals surface area contributed by atoms with Crippen molar-refractivity contribution in [2.24, 2.45) is 15.4 Å². The standard InChI is InChI=1S/C7H5N5O5.Ag/c1-17-6-2-4-5(9-10-8-4)3-7(6,11(13)14)12(15)16;/h2-3H,1H3;/q;+1. The molecule has 11 heteroatoms. The summed E-state index contributed by atoms with van der Waals surface area (Å²) in [6.45, 7) is 0. The minimum Gasteiger partial charge on any atom is -0.488 e. The summed E-state index contributed by atoms with van der Waals surface area (Å²) in [5.74, 6) is -0.442. The van der Waals surface area contributed by atoms with Gasteiger partial charge in [0.25, 0.3) is 5.76 Å². The van der Waals surface area contributed by atoms with Crippen molar-refractivity contribution in [2.75, 3.05) is 7.11 Å². The molecule has 10 nitrogen and oxygen atoms in total. The van der Waals surface area contributed by atoms with E-state index in [-0.39, 0.29) is 33.8 Å². The quantitative estimate of drug-likeness (QED) is 0.317. The van der Waals surface area contributed by atoms with Crippen molar-refractivity contribution in [2.45, 2.75) is 5.66 Å². The molecule has 0 spiro atoms. The maximum Gasteiger partial charge on any atom is 1.00 e. The Morgan fingerprint density at radius 3 is 2.44 bits per heavy atom. The van der Waals surface area contributed by atoms with Gasteiger partial charge >= 0.3 is 28.0 Å². The van der Waals surface area contributed by atoms with Gasteiger partial charge in [-0.25, -0.2) is 0 Å². The van der Waals surface area contributed by atoms with Crippen LogP contribution in [0.1, 0.15) is 0 Å². The molecule has 1 aliphatic carbocycles. The smallest absolute Gasteiger partial charge is 0.488 e. The fourth-order valence-electron chi connectivity index (χ4n) is 1.48. The average Bonchev–Trinajstić information content (AvgIpc) is 2.72. The topological polar surface area (TPSA) is 133 Å². The second-order valence-corrected chi connectivity index (χ2v) is 3.16. The van der Waals surface area contributed by atoms with Gasteiger partial charge < -0.3 is 4.74 Å². The second kappa shape index (κ2) is 4.76. The fourth-order valence-corrected chi connectivity index (χ4v) is 1.48. The number of methoxy groups -OCH3 is 1. The minimum absolute atomic E-state index is 0. The van der Waals surface area contributed by atoms with Crippen molar-refractivity contribution >= 4 is 5.71 Å². The normalized spacial score (nSPS) is 18.8. The second-order valence-electron chi connectivity index (χ2n) is 3.16. The molecular formula is C7H5AgN5O5+. The summed E-state index contributed by atoms with van der Waals surface area (Å²) in [6, 6.07) is 0. The molecule has 0 N–H and O–H groups in total. The van der Waals surface area contributed by atoms with Crippen molar-refractivity contribution in [1.29, 1.82) is 0 Å². The van der Waals surface area contributed by atoms with Gasteiger partial charge in [-0.1, -0.05) is 0 Å². The van der Waals surface area contributed by atoms with E-state index in [9.17, 15) is 20.2 Å². The van der Waals surface area contributed by atoms with Crippen LogP contribution in [-0.2, 0) is 27.1 Å². The van der Waals surface area contributed by atoms with Crippen LogP contribution in [0.2, 0.25) is 0 Å². The molecule has 0 bridgehead atoms. The van der Waals surface area contributed by atoms with Gasteiger partial charge in [-0.15, -0.1) is 10.2 Å². The van der Waals surface area contributed by atoms with Crippen molar-refractivity contribution in [3.05, 3.63) is 43.8 Å². The Hall–Kier alpha value is -1.91. The third kappa shape index (κ3) is 1.76. The van der Waals surface area contributed by atoms with Gasteiger partial charge in [0.15, 0.2) is 0 Å². The molecule has 0 aromatic rings. The van der Waals surface area contributed by atoms with E-state index in [0.717, 1.165) is 19.3 Å². The minimum atomic E-state index is -2.67. The molecule has 0 fully saturated rings. The van der Waals surface area contributed by atoms with Crippen LogP contribution < -0.4 is 0 Å². The van der Waals surface area contributed by atoms with Gasteiger partial charge in [-0.2, -0.15) is 0 Å². The average molecular weight is 347 g/mol. The molecule has 2 aliphatic rings. The summed E-state index contributed by atoms with van der Waals surface area (Å²) in [4.78, 5) is 19.8. The molecule has 18 heavy (non-hydrogen) atoms. The van der Waals surface area contributed by atoms with E-state index in [1.54, 1.807) is 0 Å². The molecule has 0 saturated heterocycles. The van der Waals surface area contributed by atoms with E-state index >= 15 is 0 Å². The molecule has 0 saturated carbocycles. The number of hydrogen-bond donors (Lipinski definition) is 0. The molecule has 0 aromatic heterocycles. The number of nitrogens with zero attached hydrogens (tertiary/aromatic N) is 5. The zero-order chi connectivity index (χ0) is 12.6. The van der Waals surface area contributed by atoms with E-state index in [0.29, 0.717) is 0 Å². The predicted molar refractivity (Wildman–Crippen MR) is 52.2 cm³/mol. The van der Waals surface area contributed by atoms with Crippen LogP contribution in [0.4, 0.5) is 0 Å². The van der Waals surface area contributed by atoms with E-state index < -0.39 is 21.3 Å². The Morgan fingerprint density at radius 1 is 1.33 bits per heavy atom. The summed E-state index contributed by atoms with van der Waals surface area (Å²) in [6.07, 6.45) is 1.85. The summed E-state index contributed by atoms with van der Waals surface area (Å²) in [5.41, 5.74) is -2.49. The number of allylic oxidation sites excluding steroid dienone is 1. The molecule has 0 amide bonds. The Bertz CT molecular complexity index is 522. The zero-order valence-electron chi connectivity index (χ0n) is 8.73. The zero-order valence-corrected chi connectivity index (χ0v) is 10.2. The van der Waals surface area contributed by atoms with Crippen LogP contribution in [0.5, 0.6) is 0 Å². The molecule has 2 rings (SSSR count). The van der Waals surface area contributed by atoms with Crippen LogP contribution >= 0.6 is 0 Å². The molecule has 1 heterocycles. The summed E-state index contributed by atoms with van der Waals surface area (Å²) in [5, 5.41) is 32.2. The van der Waals surface area contributed by atoms with Crippen molar-refractivity contribution in [1.82, 2.24) is 0 Å². The number of hydrogen-bond acceptors (Lipinski definition) is 8. The van der Waals surface area contributed by atoms with Crippen LogP contribution in [0.3, 0.4) is 0 Å². The maximum atomic E-state index is 11.0. The first-order valence-electron chi connectivity index (χ1n) is 4.29. The van der Waals surface area contributed by atoms with Gasteiger partial charge in [0.05, 0.1) is 7.11 Å². The fraction of sp³-hybridized carbons (Fsp3) is 0.286. The van der Waals surface area contributed by atoms with Gasteiger partial charge in [-0.05, 0) is 5.22 Å². The SMILES string of the molecule is COC1=CC2=NN=NC2=CC1([N+](=O)[O-])[N+](=O)[O-].[Ag+]. The number of fused-ring (bicyclic) bond motifs is 1. The van der Waals surface area contributed by atoms with Crippen molar-refractivity contribution in [3.8, 4) is 0 Å². The van der Waals surface area contributed by atoms with Crippen LogP contribution in [0.25, 0.3) is 0 Å². The largest absolute Gasteiger partial charge is 1.00 e. The van der Waals surface area contributed by atoms with Crippen molar-refractivity contribution < 1.29 is 37.0 Å².